The van der Waals surface area contributed by atoms with E-state index in [2.05, 4.69) is 33.4 Å². The van der Waals surface area contributed by atoms with Crippen LogP contribution in [0.5, 0.6) is 0 Å². The van der Waals surface area contributed by atoms with Gasteiger partial charge in [-0.05, 0) is 37.5 Å². The molecular formula is C16H25NOS. The average Bonchev–Trinajstić information content (AvgIpc) is 2.41. The van der Waals surface area contributed by atoms with E-state index in [-0.39, 0.29) is 5.91 Å². The fourth-order valence-electron chi connectivity index (χ4n) is 2.03. The molecule has 1 atom stereocenters. The first-order valence-corrected chi connectivity index (χ1v) is 7.60. The van der Waals surface area contributed by atoms with Crippen LogP contribution >= 0.6 is 12.6 Å². The van der Waals surface area contributed by atoms with Crippen LogP contribution in [0, 0.1) is 0 Å². The molecule has 0 saturated carbocycles. The number of rotatable bonds is 7. The second kappa shape index (κ2) is 8.26. The molecule has 0 heterocycles. The van der Waals surface area contributed by atoms with E-state index in [1.165, 1.54) is 0 Å². The summed E-state index contributed by atoms with van der Waals surface area (Å²) in [5, 5.41) is 0. The summed E-state index contributed by atoms with van der Waals surface area (Å²) in [4.78, 5) is 15.4. The molecule has 19 heavy (non-hydrogen) atoms. The van der Waals surface area contributed by atoms with Gasteiger partial charge < -0.3 is 4.90 Å². The second-order valence-corrected chi connectivity index (χ2v) is 5.56. The molecule has 0 spiro atoms. The molecule has 0 aliphatic heterocycles. The minimum Gasteiger partial charge on any atom is -0.340 e. The summed E-state index contributed by atoms with van der Waals surface area (Å²) in [7, 11) is 0. The van der Waals surface area contributed by atoms with Crippen molar-refractivity contribution in [3.63, 3.8) is 0 Å². The van der Waals surface area contributed by atoms with E-state index in [9.17, 15) is 4.79 Å². The van der Waals surface area contributed by atoms with E-state index in [0.717, 1.165) is 36.3 Å². The van der Waals surface area contributed by atoms with Gasteiger partial charge in [0.05, 0.1) is 6.42 Å². The Morgan fingerprint density at radius 1 is 1.26 bits per heavy atom. The maximum absolute atomic E-state index is 12.4. The minimum absolute atomic E-state index is 0.231. The van der Waals surface area contributed by atoms with Gasteiger partial charge in [0.15, 0.2) is 0 Å². The van der Waals surface area contributed by atoms with Gasteiger partial charge in [-0.15, -0.1) is 12.6 Å². The van der Waals surface area contributed by atoms with Crippen LogP contribution in [0.15, 0.2) is 29.2 Å². The molecule has 1 aromatic carbocycles. The van der Waals surface area contributed by atoms with Gasteiger partial charge in [-0.3, -0.25) is 4.79 Å². The smallest absolute Gasteiger partial charge is 0.227 e. The number of benzene rings is 1. The molecule has 0 radical (unpaired) electrons. The van der Waals surface area contributed by atoms with Crippen LogP contribution in [-0.2, 0) is 11.2 Å². The Kier molecular flexibility index (Phi) is 7.00. The van der Waals surface area contributed by atoms with Gasteiger partial charge in [0.25, 0.3) is 0 Å². The number of hydrogen-bond acceptors (Lipinski definition) is 2. The highest BCUT2D eigenvalue weighted by molar-refractivity contribution is 7.80. The highest BCUT2D eigenvalue weighted by Crippen LogP contribution is 2.12. The molecule has 1 amide bonds. The second-order valence-electron chi connectivity index (χ2n) is 5.04. The summed E-state index contributed by atoms with van der Waals surface area (Å²) in [5.74, 6) is 0.231. The van der Waals surface area contributed by atoms with Gasteiger partial charge in [0.1, 0.15) is 0 Å². The van der Waals surface area contributed by atoms with Crippen molar-refractivity contribution in [3.05, 3.63) is 29.8 Å². The highest BCUT2D eigenvalue weighted by atomic mass is 32.1. The average molecular weight is 279 g/mol. The number of hydrogen-bond donors (Lipinski definition) is 1. The Labute approximate surface area is 122 Å². The van der Waals surface area contributed by atoms with Gasteiger partial charge >= 0.3 is 0 Å². The first kappa shape index (κ1) is 16.1. The third kappa shape index (κ3) is 5.27. The van der Waals surface area contributed by atoms with E-state index in [0.29, 0.717) is 12.5 Å². The monoisotopic (exact) mass is 279 g/mol. The molecule has 1 unspecified atom stereocenters. The maximum atomic E-state index is 12.4. The third-order valence-electron chi connectivity index (χ3n) is 3.49. The van der Waals surface area contributed by atoms with E-state index < -0.39 is 0 Å². The Bertz CT molecular complexity index is 388. The van der Waals surface area contributed by atoms with Gasteiger partial charge in [0, 0.05) is 17.5 Å². The molecule has 0 N–H and O–H groups in total. The zero-order chi connectivity index (χ0) is 14.3. The molecule has 0 saturated heterocycles. The molecule has 3 heteroatoms. The lowest BCUT2D eigenvalue weighted by Gasteiger charge is -2.28. The highest BCUT2D eigenvalue weighted by Gasteiger charge is 2.18. The normalized spacial score (nSPS) is 12.2. The van der Waals surface area contributed by atoms with Crippen molar-refractivity contribution in [1.29, 1.82) is 0 Å². The summed E-state index contributed by atoms with van der Waals surface area (Å²) in [6.45, 7) is 7.29. The Morgan fingerprint density at radius 2 is 1.89 bits per heavy atom. The van der Waals surface area contributed by atoms with Crippen molar-refractivity contribution in [1.82, 2.24) is 4.90 Å². The zero-order valence-electron chi connectivity index (χ0n) is 12.2. The first-order valence-electron chi connectivity index (χ1n) is 7.15. The van der Waals surface area contributed by atoms with E-state index >= 15 is 0 Å². The largest absolute Gasteiger partial charge is 0.340 e. The van der Waals surface area contributed by atoms with Gasteiger partial charge in [-0.1, -0.05) is 32.4 Å². The fourth-order valence-corrected chi connectivity index (χ4v) is 2.18. The van der Waals surface area contributed by atoms with E-state index in [4.69, 9.17) is 0 Å². The standard InChI is InChI=1S/C16H25NOS/c1-4-6-11-17(13(3)5-2)16(18)12-14-7-9-15(19)10-8-14/h7-10,13,19H,4-6,11-12H2,1-3H3. The number of unbranched alkanes of at least 4 members (excludes halogenated alkanes) is 1. The third-order valence-corrected chi connectivity index (χ3v) is 3.79. The summed E-state index contributed by atoms with van der Waals surface area (Å²) in [5.41, 5.74) is 1.06. The lowest BCUT2D eigenvalue weighted by Crippen LogP contribution is -2.40. The van der Waals surface area contributed by atoms with Crippen molar-refractivity contribution in [2.45, 2.75) is 57.4 Å². The molecule has 1 aromatic rings. The fraction of sp³-hybridized carbons (Fsp3) is 0.562. The molecular weight excluding hydrogens is 254 g/mol. The lowest BCUT2D eigenvalue weighted by molar-refractivity contribution is -0.132. The number of carbonyl (C=O) groups excluding carboxylic acids is 1. The van der Waals surface area contributed by atoms with Crippen LogP contribution in [0.1, 0.15) is 45.6 Å². The first-order chi connectivity index (χ1) is 9.08. The summed E-state index contributed by atoms with van der Waals surface area (Å²) in [6.07, 6.45) is 3.69. The molecule has 0 aromatic heterocycles. The molecule has 0 bridgehead atoms. The van der Waals surface area contributed by atoms with Crippen LogP contribution in [0.2, 0.25) is 0 Å². The summed E-state index contributed by atoms with van der Waals surface area (Å²) in [6, 6.07) is 8.16. The summed E-state index contributed by atoms with van der Waals surface area (Å²) >= 11 is 4.26. The summed E-state index contributed by atoms with van der Waals surface area (Å²) < 4.78 is 0. The number of nitrogens with zero attached hydrogens (tertiary/aromatic N) is 1. The Hall–Kier alpha value is -0.960. The van der Waals surface area contributed by atoms with Gasteiger partial charge in [0.2, 0.25) is 5.91 Å². The number of carbonyl (C=O) groups is 1. The molecule has 106 valence electrons. The van der Waals surface area contributed by atoms with E-state index in [1.54, 1.807) is 0 Å². The van der Waals surface area contributed by atoms with Gasteiger partial charge in [-0.2, -0.15) is 0 Å². The minimum atomic E-state index is 0.231. The van der Waals surface area contributed by atoms with Crippen molar-refractivity contribution >= 4 is 18.5 Å². The quantitative estimate of drug-likeness (QED) is 0.749. The topological polar surface area (TPSA) is 20.3 Å². The SMILES string of the molecule is CCCCN(C(=O)Cc1ccc(S)cc1)C(C)CC. The van der Waals surface area contributed by atoms with Crippen molar-refractivity contribution in [2.24, 2.45) is 0 Å². The lowest BCUT2D eigenvalue weighted by atomic mass is 10.1. The Balaban J connectivity index is 2.67. The zero-order valence-corrected chi connectivity index (χ0v) is 13.1. The predicted octanol–water partition coefficient (Wildman–Crippen LogP) is 3.95. The van der Waals surface area contributed by atoms with Crippen molar-refractivity contribution in [3.8, 4) is 0 Å². The van der Waals surface area contributed by atoms with Gasteiger partial charge in [-0.25, -0.2) is 0 Å². The van der Waals surface area contributed by atoms with Crippen LogP contribution in [0.3, 0.4) is 0 Å². The Morgan fingerprint density at radius 3 is 2.42 bits per heavy atom. The van der Waals surface area contributed by atoms with Crippen LogP contribution in [-0.4, -0.2) is 23.4 Å². The molecule has 2 nitrogen and oxygen atoms in total. The van der Waals surface area contributed by atoms with Crippen LogP contribution in [0.4, 0.5) is 0 Å². The van der Waals surface area contributed by atoms with Crippen molar-refractivity contribution in [2.75, 3.05) is 6.54 Å². The van der Waals surface area contributed by atoms with Crippen LogP contribution in [0.25, 0.3) is 0 Å². The number of thiol groups is 1. The number of amides is 1. The molecule has 1 rings (SSSR count). The molecule has 0 aliphatic rings. The van der Waals surface area contributed by atoms with Crippen molar-refractivity contribution < 1.29 is 4.79 Å². The maximum Gasteiger partial charge on any atom is 0.227 e. The van der Waals surface area contributed by atoms with E-state index in [1.807, 2.05) is 29.2 Å². The molecule has 0 aliphatic carbocycles. The predicted molar refractivity (Wildman–Crippen MR) is 83.8 cm³/mol. The molecule has 0 fully saturated rings. The van der Waals surface area contributed by atoms with Crippen LogP contribution < -0.4 is 0 Å².